The third kappa shape index (κ3) is 1.91. The molecule has 0 spiro atoms. The van der Waals surface area contributed by atoms with Crippen molar-refractivity contribution in [3.63, 3.8) is 0 Å². The van der Waals surface area contributed by atoms with E-state index >= 15 is 0 Å². The number of anilines is 1. The molecule has 0 atom stereocenters. The lowest BCUT2D eigenvalue weighted by atomic mass is 9.99. The minimum Gasteiger partial charge on any atom is -0.341 e. The second kappa shape index (κ2) is 4.30. The van der Waals surface area contributed by atoms with Gasteiger partial charge in [-0.15, -0.1) is 0 Å². The molecule has 102 valence electrons. The van der Waals surface area contributed by atoms with Crippen molar-refractivity contribution >= 4 is 28.3 Å². The number of nitrogens with one attached hydrogen (secondary N) is 1. The molecule has 20 heavy (non-hydrogen) atoms. The van der Waals surface area contributed by atoms with Crippen molar-refractivity contribution in [3.05, 3.63) is 36.7 Å². The van der Waals surface area contributed by atoms with Crippen molar-refractivity contribution < 1.29 is 9.59 Å². The van der Waals surface area contributed by atoms with E-state index in [4.69, 9.17) is 0 Å². The van der Waals surface area contributed by atoms with Gasteiger partial charge in [0.1, 0.15) is 12.1 Å². The van der Waals surface area contributed by atoms with Crippen LogP contribution >= 0.6 is 0 Å². The second-order valence-corrected chi connectivity index (χ2v) is 5.44. The van der Waals surface area contributed by atoms with Gasteiger partial charge in [0.15, 0.2) is 0 Å². The molecule has 2 amide bonds. The van der Waals surface area contributed by atoms with E-state index in [9.17, 15) is 9.59 Å². The summed E-state index contributed by atoms with van der Waals surface area (Å²) < 4.78 is 0. The van der Waals surface area contributed by atoms with E-state index in [0.29, 0.717) is 0 Å². The lowest BCUT2D eigenvalue weighted by Gasteiger charge is -2.37. The lowest BCUT2D eigenvalue weighted by Crippen LogP contribution is -2.64. The number of rotatable bonds is 1. The molecule has 0 bridgehead atoms. The van der Waals surface area contributed by atoms with E-state index < -0.39 is 5.54 Å². The van der Waals surface area contributed by atoms with Gasteiger partial charge in [0.05, 0.1) is 5.69 Å². The average molecular weight is 269 g/mol. The summed E-state index contributed by atoms with van der Waals surface area (Å²) in [6.07, 6.45) is 3.43. The highest BCUT2D eigenvalue weighted by Crippen LogP contribution is 2.29. The molecule has 0 aliphatic carbocycles. The summed E-state index contributed by atoms with van der Waals surface area (Å²) in [6.45, 7) is 3.47. The number of pyridine rings is 1. The Morgan fingerprint density at radius 1 is 1.25 bits per heavy atom. The first-order valence-electron chi connectivity index (χ1n) is 6.45. The molecular formula is C15H15N3O2. The minimum absolute atomic E-state index is 0.0453. The summed E-state index contributed by atoms with van der Waals surface area (Å²) in [5, 5.41) is 4.57. The summed E-state index contributed by atoms with van der Waals surface area (Å²) in [5.41, 5.74) is -0.136. The SMILES string of the molecule is CC1(C)NC(=O)CN(c2cccc3cnccc23)C1=O. The quantitative estimate of drug-likeness (QED) is 0.853. The Kier molecular flexibility index (Phi) is 2.71. The molecule has 0 radical (unpaired) electrons. The maximum atomic E-state index is 12.5. The number of nitrogens with zero attached hydrogens (tertiary/aromatic N) is 2. The number of hydrogen-bond donors (Lipinski definition) is 1. The maximum absolute atomic E-state index is 12.5. The molecule has 1 aromatic carbocycles. The fraction of sp³-hybridized carbons (Fsp3) is 0.267. The van der Waals surface area contributed by atoms with Gasteiger partial charge in [-0.3, -0.25) is 14.6 Å². The summed E-state index contributed by atoms with van der Waals surface area (Å²) in [5.74, 6) is -0.262. The van der Waals surface area contributed by atoms with Gasteiger partial charge in [0, 0.05) is 23.2 Å². The number of piperazine rings is 1. The normalized spacial score (nSPS) is 18.2. The number of benzene rings is 1. The van der Waals surface area contributed by atoms with Crippen LogP contribution in [0.3, 0.4) is 0 Å². The number of aromatic nitrogens is 1. The van der Waals surface area contributed by atoms with Crippen LogP contribution in [0.5, 0.6) is 0 Å². The van der Waals surface area contributed by atoms with Gasteiger partial charge in [-0.05, 0) is 26.0 Å². The molecule has 0 unspecified atom stereocenters. The predicted molar refractivity (Wildman–Crippen MR) is 76.3 cm³/mol. The van der Waals surface area contributed by atoms with Crippen LogP contribution in [0.2, 0.25) is 0 Å². The van der Waals surface area contributed by atoms with Crippen LogP contribution in [-0.2, 0) is 9.59 Å². The fourth-order valence-electron chi connectivity index (χ4n) is 2.53. The van der Waals surface area contributed by atoms with Crippen molar-refractivity contribution in [1.82, 2.24) is 10.3 Å². The smallest absolute Gasteiger partial charge is 0.252 e. The van der Waals surface area contributed by atoms with Crippen molar-refractivity contribution in [1.29, 1.82) is 0 Å². The van der Waals surface area contributed by atoms with Gasteiger partial charge in [0.2, 0.25) is 5.91 Å². The third-order valence-corrected chi connectivity index (χ3v) is 3.48. The van der Waals surface area contributed by atoms with Crippen LogP contribution in [-0.4, -0.2) is 28.9 Å². The number of hydrogen-bond acceptors (Lipinski definition) is 3. The number of fused-ring (bicyclic) bond motifs is 1. The van der Waals surface area contributed by atoms with Crippen molar-refractivity contribution in [2.75, 3.05) is 11.4 Å². The fourth-order valence-corrected chi connectivity index (χ4v) is 2.53. The molecule has 1 saturated heterocycles. The van der Waals surface area contributed by atoms with E-state index in [-0.39, 0.29) is 18.4 Å². The maximum Gasteiger partial charge on any atom is 0.252 e. The van der Waals surface area contributed by atoms with Gasteiger partial charge in [-0.1, -0.05) is 12.1 Å². The molecule has 2 heterocycles. The molecule has 3 rings (SSSR count). The van der Waals surface area contributed by atoms with Gasteiger partial charge >= 0.3 is 0 Å². The Balaban J connectivity index is 2.15. The third-order valence-electron chi connectivity index (χ3n) is 3.48. The second-order valence-electron chi connectivity index (χ2n) is 5.44. The molecule has 5 heteroatoms. The number of carbonyl (C=O) groups is 2. The standard InChI is InChI=1S/C15H15N3O2/c1-15(2)14(20)18(9-13(19)17-15)12-5-3-4-10-8-16-7-6-11(10)12/h3-8H,9H2,1-2H3,(H,17,19). The van der Waals surface area contributed by atoms with E-state index in [1.54, 1.807) is 31.1 Å². The summed E-state index contributed by atoms with van der Waals surface area (Å²) in [7, 11) is 0. The highest BCUT2D eigenvalue weighted by molar-refractivity contribution is 6.12. The monoisotopic (exact) mass is 269 g/mol. The van der Waals surface area contributed by atoms with Gasteiger partial charge in [-0.2, -0.15) is 0 Å². The topological polar surface area (TPSA) is 62.3 Å². The molecule has 1 N–H and O–H groups in total. The summed E-state index contributed by atoms with van der Waals surface area (Å²) >= 11 is 0. The van der Waals surface area contributed by atoms with Crippen LogP contribution in [0.15, 0.2) is 36.7 Å². The molecule has 1 aliphatic rings. The first-order chi connectivity index (χ1) is 9.49. The van der Waals surface area contributed by atoms with Crippen molar-refractivity contribution in [2.24, 2.45) is 0 Å². The van der Waals surface area contributed by atoms with E-state index in [1.165, 1.54) is 0 Å². The number of amides is 2. The van der Waals surface area contributed by atoms with Gasteiger partial charge in [0.25, 0.3) is 5.91 Å². The zero-order valence-corrected chi connectivity index (χ0v) is 11.4. The highest BCUT2D eigenvalue weighted by Gasteiger charge is 2.40. The van der Waals surface area contributed by atoms with Gasteiger partial charge < -0.3 is 10.2 Å². The van der Waals surface area contributed by atoms with Crippen molar-refractivity contribution in [2.45, 2.75) is 19.4 Å². The van der Waals surface area contributed by atoms with E-state index in [0.717, 1.165) is 16.5 Å². The van der Waals surface area contributed by atoms with Crippen LogP contribution in [0.1, 0.15) is 13.8 Å². The highest BCUT2D eigenvalue weighted by atomic mass is 16.2. The van der Waals surface area contributed by atoms with E-state index in [1.807, 2.05) is 24.3 Å². The molecule has 2 aromatic rings. The Morgan fingerprint density at radius 3 is 2.85 bits per heavy atom. The van der Waals surface area contributed by atoms with Gasteiger partial charge in [-0.25, -0.2) is 0 Å². The Hall–Kier alpha value is -2.43. The predicted octanol–water partition coefficient (Wildman–Crippen LogP) is 1.48. The summed E-state index contributed by atoms with van der Waals surface area (Å²) in [6, 6.07) is 7.52. The Bertz CT molecular complexity index is 704. The van der Waals surface area contributed by atoms with Crippen LogP contribution in [0.25, 0.3) is 10.8 Å². The molecule has 5 nitrogen and oxygen atoms in total. The zero-order chi connectivity index (χ0) is 14.3. The minimum atomic E-state index is -0.884. The molecule has 1 aromatic heterocycles. The average Bonchev–Trinajstić information content (AvgIpc) is 2.42. The number of carbonyl (C=O) groups excluding carboxylic acids is 2. The molecule has 0 saturated carbocycles. The zero-order valence-electron chi connectivity index (χ0n) is 11.4. The van der Waals surface area contributed by atoms with Crippen LogP contribution in [0.4, 0.5) is 5.69 Å². The Labute approximate surface area is 116 Å². The first kappa shape index (κ1) is 12.6. The van der Waals surface area contributed by atoms with E-state index in [2.05, 4.69) is 10.3 Å². The largest absolute Gasteiger partial charge is 0.341 e. The van der Waals surface area contributed by atoms with Crippen molar-refractivity contribution in [3.8, 4) is 0 Å². The lowest BCUT2D eigenvalue weighted by molar-refractivity contribution is -0.134. The molecule has 1 aliphatic heterocycles. The van der Waals surface area contributed by atoms with Crippen LogP contribution in [0, 0.1) is 0 Å². The Morgan fingerprint density at radius 2 is 2.05 bits per heavy atom. The summed E-state index contributed by atoms with van der Waals surface area (Å²) in [4.78, 5) is 30.0. The first-order valence-corrected chi connectivity index (χ1v) is 6.45. The molecule has 1 fully saturated rings. The molecular weight excluding hydrogens is 254 g/mol. The van der Waals surface area contributed by atoms with Crippen LogP contribution < -0.4 is 10.2 Å².